The van der Waals surface area contributed by atoms with Crippen LogP contribution in [0.3, 0.4) is 0 Å². The Morgan fingerprint density at radius 1 is 1.13 bits per heavy atom. The van der Waals surface area contributed by atoms with E-state index in [9.17, 15) is 9.90 Å². The number of benzene rings is 2. The number of aliphatic hydroxyl groups is 1. The predicted molar refractivity (Wildman–Crippen MR) is 121 cm³/mol. The first kappa shape index (κ1) is 20.1. The number of aromatic nitrogens is 1. The molecule has 0 radical (unpaired) electrons. The number of fused-ring (bicyclic) bond motifs is 2. The van der Waals surface area contributed by atoms with Crippen molar-refractivity contribution >= 4 is 16.8 Å². The standard InChI is InChI=1S/C26H30N2O3/c1-16-11-12-19-21(25(16)20-8-4-6-10-23(20)31-2)15-28(26(19)30)24(29)13-17-14-27-22-9-5-3-7-18(17)22/h3-10,14,16,19,21,25-27,30H,11-13,15H2,1-2H3. The first-order chi connectivity index (χ1) is 15.1. The monoisotopic (exact) mass is 418 g/mol. The highest BCUT2D eigenvalue weighted by Crippen LogP contribution is 2.51. The normalized spacial score (nSPS) is 28.0. The summed E-state index contributed by atoms with van der Waals surface area (Å²) in [6.45, 7) is 2.89. The van der Waals surface area contributed by atoms with Gasteiger partial charge in [-0.05, 0) is 53.9 Å². The number of carbonyl (C=O) groups excluding carboxylic acids is 1. The van der Waals surface area contributed by atoms with Gasteiger partial charge in [-0.3, -0.25) is 4.79 Å². The van der Waals surface area contributed by atoms with Crippen molar-refractivity contribution in [3.05, 3.63) is 65.9 Å². The number of hydrogen-bond donors (Lipinski definition) is 2. The zero-order valence-electron chi connectivity index (χ0n) is 18.1. The molecule has 5 nitrogen and oxygen atoms in total. The van der Waals surface area contributed by atoms with E-state index in [0.717, 1.165) is 35.1 Å². The molecule has 0 spiro atoms. The van der Waals surface area contributed by atoms with Crippen molar-refractivity contribution < 1.29 is 14.6 Å². The van der Waals surface area contributed by atoms with Gasteiger partial charge in [0.2, 0.25) is 5.91 Å². The topological polar surface area (TPSA) is 65.6 Å². The number of likely N-dealkylation sites (tertiary alicyclic amines) is 1. The Bertz CT molecular complexity index is 1090. The van der Waals surface area contributed by atoms with Gasteiger partial charge in [0.05, 0.1) is 13.5 Å². The molecule has 3 aromatic rings. The van der Waals surface area contributed by atoms with Gasteiger partial charge in [0, 0.05) is 29.6 Å². The molecule has 5 rings (SSSR count). The van der Waals surface area contributed by atoms with Gasteiger partial charge in [0.1, 0.15) is 12.0 Å². The minimum Gasteiger partial charge on any atom is -0.496 e. The lowest BCUT2D eigenvalue weighted by atomic mass is 9.65. The van der Waals surface area contributed by atoms with Crippen molar-refractivity contribution in [3.63, 3.8) is 0 Å². The molecule has 1 aromatic heterocycles. The third-order valence-corrected chi connectivity index (χ3v) is 7.52. The molecule has 2 N–H and O–H groups in total. The average Bonchev–Trinajstić information content (AvgIpc) is 3.35. The third-order valence-electron chi connectivity index (χ3n) is 7.52. The molecule has 1 amide bonds. The Labute approximate surface area is 183 Å². The predicted octanol–water partition coefficient (Wildman–Crippen LogP) is 4.33. The van der Waals surface area contributed by atoms with Crippen LogP contribution < -0.4 is 4.74 Å². The van der Waals surface area contributed by atoms with Gasteiger partial charge in [-0.15, -0.1) is 0 Å². The van der Waals surface area contributed by atoms with Crippen molar-refractivity contribution in [2.24, 2.45) is 17.8 Å². The van der Waals surface area contributed by atoms with Crippen LogP contribution in [0.1, 0.15) is 36.8 Å². The van der Waals surface area contributed by atoms with E-state index in [2.05, 4.69) is 24.0 Å². The maximum Gasteiger partial charge on any atom is 0.229 e. The maximum absolute atomic E-state index is 13.3. The average molecular weight is 419 g/mol. The van der Waals surface area contributed by atoms with Crippen LogP contribution in [0.4, 0.5) is 0 Å². The Kier molecular flexibility index (Phi) is 5.22. The summed E-state index contributed by atoms with van der Waals surface area (Å²) in [6.07, 6.45) is 3.50. The minimum atomic E-state index is -0.715. The number of hydrogen-bond acceptors (Lipinski definition) is 3. The summed E-state index contributed by atoms with van der Waals surface area (Å²) < 4.78 is 5.66. The van der Waals surface area contributed by atoms with Crippen LogP contribution in [0.5, 0.6) is 5.75 Å². The summed E-state index contributed by atoms with van der Waals surface area (Å²) in [5.74, 6) is 2.00. The summed E-state index contributed by atoms with van der Waals surface area (Å²) in [6, 6.07) is 16.2. The van der Waals surface area contributed by atoms with Crippen LogP contribution >= 0.6 is 0 Å². The molecule has 1 aliphatic heterocycles. The van der Waals surface area contributed by atoms with Gasteiger partial charge in [0.25, 0.3) is 0 Å². The first-order valence-corrected chi connectivity index (χ1v) is 11.2. The Balaban J connectivity index is 1.41. The number of aliphatic hydroxyl groups excluding tert-OH is 1. The van der Waals surface area contributed by atoms with Crippen LogP contribution in [0.25, 0.3) is 10.9 Å². The minimum absolute atomic E-state index is 0.00178. The Morgan fingerprint density at radius 3 is 2.74 bits per heavy atom. The molecular weight excluding hydrogens is 388 g/mol. The molecule has 0 bridgehead atoms. The smallest absolute Gasteiger partial charge is 0.229 e. The lowest BCUT2D eigenvalue weighted by Crippen LogP contribution is -2.38. The van der Waals surface area contributed by atoms with Gasteiger partial charge >= 0.3 is 0 Å². The van der Waals surface area contributed by atoms with Gasteiger partial charge in [-0.1, -0.05) is 43.3 Å². The summed E-state index contributed by atoms with van der Waals surface area (Å²) in [7, 11) is 1.71. The van der Waals surface area contributed by atoms with Crippen molar-refractivity contribution in [2.75, 3.05) is 13.7 Å². The summed E-state index contributed by atoms with van der Waals surface area (Å²) in [4.78, 5) is 18.3. The fourth-order valence-corrected chi connectivity index (χ4v) is 5.99. The molecule has 2 aliphatic rings. The third kappa shape index (κ3) is 3.41. The SMILES string of the molecule is COc1ccccc1C1C(C)CCC2C1CN(C(=O)Cc1c[nH]c3ccccc13)C2O. The van der Waals surface area contributed by atoms with Crippen molar-refractivity contribution in [1.29, 1.82) is 0 Å². The van der Waals surface area contributed by atoms with Crippen LogP contribution in [0.2, 0.25) is 0 Å². The van der Waals surface area contributed by atoms with Crippen molar-refractivity contribution in [3.8, 4) is 5.75 Å². The molecule has 1 saturated carbocycles. The van der Waals surface area contributed by atoms with E-state index in [1.54, 1.807) is 12.0 Å². The highest BCUT2D eigenvalue weighted by Gasteiger charge is 2.50. The second kappa shape index (κ2) is 8.04. The quantitative estimate of drug-likeness (QED) is 0.663. The lowest BCUT2D eigenvalue weighted by Gasteiger charge is -2.39. The van der Waals surface area contributed by atoms with E-state index >= 15 is 0 Å². The molecule has 1 saturated heterocycles. The van der Waals surface area contributed by atoms with E-state index in [1.165, 1.54) is 5.56 Å². The van der Waals surface area contributed by atoms with E-state index in [1.807, 2.05) is 42.6 Å². The number of methoxy groups -OCH3 is 1. The molecule has 162 valence electrons. The van der Waals surface area contributed by atoms with E-state index in [0.29, 0.717) is 18.9 Å². The fourth-order valence-electron chi connectivity index (χ4n) is 5.99. The molecule has 5 heteroatoms. The first-order valence-electron chi connectivity index (χ1n) is 11.2. The lowest BCUT2D eigenvalue weighted by molar-refractivity contribution is -0.138. The summed E-state index contributed by atoms with van der Waals surface area (Å²) >= 11 is 0. The second-order valence-corrected chi connectivity index (χ2v) is 9.15. The largest absolute Gasteiger partial charge is 0.496 e. The zero-order chi connectivity index (χ0) is 21.5. The van der Waals surface area contributed by atoms with Crippen molar-refractivity contribution in [2.45, 2.75) is 38.3 Å². The molecule has 2 aromatic carbocycles. The summed E-state index contributed by atoms with van der Waals surface area (Å²) in [5.41, 5.74) is 3.22. The van der Waals surface area contributed by atoms with Crippen LogP contribution in [0, 0.1) is 17.8 Å². The Morgan fingerprint density at radius 2 is 1.90 bits per heavy atom. The maximum atomic E-state index is 13.3. The number of ether oxygens (including phenoxy) is 1. The van der Waals surface area contributed by atoms with Gasteiger partial charge < -0.3 is 19.7 Å². The zero-order valence-corrected chi connectivity index (χ0v) is 18.1. The number of amides is 1. The molecular formula is C26H30N2O3. The number of rotatable bonds is 4. The number of aromatic amines is 1. The molecule has 5 unspecified atom stereocenters. The van der Waals surface area contributed by atoms with Gasteiger partial charge in [0.15, 0.2) is 0 Å². The number of nitrogens with one attached hydrogen (secondary N) is 1. The van der Waals surface area contributed by atoms with Crippen molar-refractivity contribution in [1.82, 2.24) is 9.88 Å². The second-order valence-electron chi connectivity index (χ2n) is 9.15. The number of H-pyrrole nitrogens is 1. The molecule has 2 heterocycles. The molecule has 5 atom stereocenters. The van der Waals surface area contributed by atoms with Crippen LogP contribution in [-0.2, 0) is 11.2 Å². The number of nitrogens with zero attached hydrogens (tertiary/aromatic N) is 1. The van der Waals surface area contributed by atoms with E-state index in [-0.39, 0.29) is 23.7 Å². The summed E-state index contributed by atoms with van der Waals surface area (Å²) in [5, 5.41) is 12.2. The van der Waals surface area contributed by atoms with Crippen LogP contribution in [-0.4, -0.2) is 40.8 Å². The van der Waals surface area contributed by atoms with E-state index in [4.69, 9.17) is 4.74 Å². The number of carbonyl (C=O) groups is 1. The molecule has 31 heavy (non-hydrogen) atoms. The van der Waals surface area contributed by atoms with Gasteiger partial charge in [-0.25, -0.2) is 0 Å². The highest BCUT2D eigenvalue weighted by molar-refractivity contribution is 5.89. The Hall–Kier alpha value is -2.79. The van der Waals surface area contributed by atoms with Crippen LogP contribution in [0.15, 0.2) is 54.7 Å². The molecule has 1 aliphatic carbocycles. The fraction of sp³-hybridized carbons (Fsp3) is 0.423. The number of para-hydroxylation sites is 2. The van der Waals surface area contributed by atoms with E-state index < -0.39 is 6.23 Å². The highest BCUT2D eigenvalue weighted by atomic mass is 16.5. The van der Waals surface area contributed by atoms with Gasteiger partial charge in [-0.2, -0.15) is 0 Å². The molecule has 2 fully saturated rings.